The standard InChI is InChI=1S/C24H33N5O5/c1-13(2)20(28-21(30)14(3)25)23(32)29-10-6-9-19(29)22(31)27-18(24(33)34)11-15-12-26-17-8-5-4-7-16(15)17/h4-5,7-8,12-14,18-20,26H,6,9-11,25H2,1-3H3,(H,27,31)(H,28,30)(H,33,34). The lowest BCUT2D eigenvalue weighted by Crippen LogP contribution is -2.58. The molecule has 0 radical (unpaired) electrons. The minimum Gasteiger partial charge on any atom is -0.480 e. The number of carbonyl (C=O) groups is 4. The molecule has 6 N–H and O–H groups in total. The number of hydrogen-bond donors (Lipinski definition) is 5. The minimum absolute atomic E-state index is 0.102. The SMILES string of the molecule is CC(N)C(=O)NC(C(=O)N1CCCC1C(=O)NC(Cc1c[nH]c2ccccc12)C(=O)O)C(C)C. The van der Waals surface area contributed by atoms with Crippen LogP contribution in [0.25, 0.3) is 10.9 Å². The molecule has 1 aromatic heterocycles. The molecule has 1 fully saturated rings. The molecule has 10 nitrogen and oxygen atoms in total. The summed E-state index contributed by atoms with van der Waals surface area (Å²) in [6.45, 7) is 5.49. The third kappa shape index (κ3) is 5.56. The summed E-state index contributed by atoms with van der Waals surface area (Å²) in [6, 6.07) is 3.98. The first-order chi connectivity index (χ1) is 16.1. The molecule has 3 amide bonds. The van der Waals surface area contributed by atoms with E-state index < -0.39 is 42.0 Å². The van der Waals surface area contributed by atoms with Crippen molar-refractivity contribution in [2.45, 2.75) is 64.2 Å². The smallest absolute Gasteiger partial charge is 0.326 e. The molecule has 2 aromatic rings. The molecular weight excluding hydrogens is 438 g/mol. The fraction of sp³-hybridized carbons (Fsp3) is 0.500. The quantitative estimate of drug-likeness (QED) is 0.363. The van der Waals surface area contributed by atoms with Crippen LogP contribution in [0.2, 0.25) is 0 Å². The summed E-state index contributed by atoms with van der Waals surface area (Å²) in [4.78, 5) is 55.0. The molecule has 0 spiro atoms. The zero-order valence-corrected chi connectivity index (χ0v) is 19.7. The average molecular weight is 472 g/mol. The van der Waals surface area contributed by atoms with Crippen molar-refractivity contribution in [3.05, 3.63) is 36.0 Å². The lowest BCUT2D eigenvalue weighted by molar-refractivity contribution is -0.145. The van der Waals surface area contributed by atoms with Crippen molar-refractivity contribution < 1.29 is 24.3 Å². The van der Waals surface area contributed by atoms with Gasteiger partial charge in [-0.05, 0) is 37.3 Å². The highest BCUT2D eigenvalue weighted by Crippen LogP contribution is 2.22. The highest BCUT2D eigenvalue weighted by atomic mass is 16.4. The number of aromatic amines is 1. The van der Waals surface area contributed by atoms with Gasteiger partial charge in [0.05, 0.1) is 6.04 Å². The van der Waals surface area contributed by atoms with Crippen molar-refractivity contribution in [1.82, 2.24) is 20.5 Å². The summed E-state index contributed by atoms with van der Waals surface area (Å²) in [7, 11) is 0. The molecule has 0 saturated carbocycles. The van der Waals surface area contributed by atoms with Gasteiger partial charge < -0.3 is 31.4 Å². The highest BCUT2D eigenvalue weighted by Gasteiger charge is 2.39. The highest BCUT2D eigenvalue weighted by molar-refractivity contribution is 5.95. The number of aliphatic carboxylic acids is 1. The number of H-pyrrole nitrogens is 1. The Balaban J connectivity index is 1.73. The number of nitrogens with two attached hydrogens (primary N) is 1. The molecule has 4 atom stereocenters. The van der Waals surface area contributed by atoms with Crippen molar-refractivity contribution in [1.29, 1.82) is 0 Å². The molecule has 1 aliphatic rings. The van der Waals surface area contributed by atoms with E-state index in [1.807, 2.05) is 24.3 Å². The Bertz CT molecular complexity index is 1060. The van der Waals surface area contributed by atoms with Crippen molar-refractivity contribution in [2.24, 2.45) is 11.7 Å². The van der Waals surface area contributed by atoms with Gasteiger partial charge in [0.2, 0.25) is 17.7 Å². The second-order valence-corrected chi connectivity index (χ2v) is 9.17. The van der Waals surface area contributed by atoms with E-state index in [1.54, 1.807) is 20.0 Å². The van der Waals surface area contributed by atoms with Gasteiger partial charge in [-0.25, -0.2) is 4.79 Å². The molecule has 0 aliphatic carbocycles. The topological polar surface area (TPSA) is 158 Å². The van der Waals surface area contributed by atoms with Crippen LogP contribution >= 0.6 is 0 Å². The number of carboxylic acid groups (broad SMARTS) is 1. The molecule has 4 unspecified atom stereocenters. The van der Waals surface area contributed by atoms with Gasteiger partial charge in [0, 0.05) is 30.1 Å². The van der Waals surface area contributed by atoms with Gasteiger partial charge in [0.1, 0.15) is 18.1 Å². The summed E-state index contributed by atoms with van der Waals surface area (Å²) >= 11 is 0. The summed E-state index contributed by atoms with van der Waals surface area (Å²) in [6.07, 6.45) is 2.87. The van der Waals surface area contributed by atoms with E-state index in [0.717, 1.165) is 16.5 Å². The van der Waals surface area contributed by atoms with E-state index in [4.69, 9.17) is 5.73 Å². The molecule has 2 heterocycles. The summed E-state index contributed by atoms with van der Waals surface area (Å²) in [5, 5.41) is 15.9. The Hall–Kier alpha value is -3.40. The molecule has 1 aliphatic heterocycles. The van der Waals surface area contributed by atoms with Crippen LogP contribution in [0.15, 0.2) is 30.5 Å². The number of benzene rings is 1. The lowest BCUT2D eigenvalue weighted by Gasteiger charge is -2.31. The number of nitrogens with zero attached hydrogens (tertiary/aromatic N) is 1. The molecule has 1 saturated heterocycles. The van der Waals surface area contributed by atoms with Crippen molar-refractivity contribution in [2.75, 3.05) is 6.54 Å². The van der Waals surface area contributed by atoms with E-state index in [2.05, 4.69) is 15.6 Å². The van der Waals surface area contributed by atoms with E-state index in [1.165, 1.54) is 11.8 Å². The van der Waals surface area contributed by atoms with Gasteiger partial charge in [0.15, 0.2) is 0 Å². The molecule has 34 heavy (non-hydrogen) atoms. The first-order valence-corrected chi connectivity index (χ1v) is 11.5. The van der Waals surface area contributed by atoms with Gasteiger partial charge in [-0.2, -0.15) is 0 Å². The monoisotopic (exact) mass is 471 g/mol. The van der Waals surface area contributed by atoms with Crippen molar-refractivity contribution >= 4 is 34.6 Å². The summed E-state index contributed by atoms with van der Waals surface area (Å²) < 4.78 is 0. The number of hydrogen-bond acceptors (Lipinski definition) is 5. The number of para-hydroxylation sites is 1. The zero-order valence-electron chi connectivity index (χ0n) is 19.7. The van der Waals surface area contributed by atoms with Crippen LogP contribution in [0.5, 0.6) is 0 Å². The Morgan fingerprint density at radius 1 is 1.18 bits per heavy atom. The summed E-state index contributed by atoms with van der Waals surface area (Å²) in [5.74, 6) is -2.70. The van der Waals surface area contributed by atoms with E-state index in [0.29, 0.717) is 19.4 Å². The molecule has 184 valence electrons. The van der Waals surface area contributed by atoms with Crippen LogP contribution in [-0.4, -0.2) is 69.4 Å². The molecule has 1 aromatic carbocycles. The predicted octanol–water partition coefficient (Wildman–Crippen LogP) is 0.759. The van der Waals surface area contributed by atoms with E-state index in [-0.39, 0.29) is 18.2 Å². The van der Waals surface area contributed by atoms with E-state index in [9.17, 15) is 24.3 Å². The van der Waals surface area contributed by atoms with E-state index >= 15 is 0 Å². The fourth-order valence-corrected chi connectivity index (χ4v) is 4.27. The molecular formula is C24H33N5O5. The maximum Gasteiger partial charge on any atom is 0.326 e. The maximum absolute atomic E-state index is 13.3. The molecule has 10 heteroatoms. The maximum atomic E-state index is 13.3. The summed E-state index contributed by atoms with van der Waals surface area (Å²) in [5.41, 5.74) is 7.29. The lowest BCUT2D eigenvalue weighted by atomic mass is 10.0. The number of nitrogens with one attached hydrogen (secondary N) is 3. The minimum atomic E-state index is -1.15. The van der Waals surface area contributed by atoms with Gasteiger partial charge in [-0.15, -0.1) is 0 Å². The molecule has 0 bridgehead atoms. The van der Waals surface area contributed by atoms with Crippen molar-refractivity contribution in [3.8, 4) is 0 Å². The Morgan fingerprint density at radius 3 is 2.53 bits per heavy atom. The van der Waals surface area contributed by atoms with Crippen LogP contribution in [-0.2, 0) is 25.6 Å². The number of aromatic nitrogens is 1. The third-order valence-electron chi connectivity index (χ3n) is 6.20. The number of carboxylic acids is 1. The molecule has 3 rings (SSSR count). The number of amides is 3. The van der Waals surface area contributed by atoms with Gasteiger partial charge in [-0.3, -0.25) is 14.4 Å². The fourth-order valence-electron chi connectivity index (χ4n) is 4.27. The van der Waals surface area contributed by atoms with Crippen molar-refractivity contribution in [3.63, 3.8) is 0 Å². The van der Waals surface area contributed by atoms with Gasteiger partial charge >= 0.3 is 5.97 Å². The second-order valence-electron chi connectivity index (χ2n) is 9.17. The normalized spacial score (nSPS) is 18.5. The second kappa shape index (κ2) is 10.7. The Kier molecular flexibility index (Phi) is 7.93. The predicted molar refractivity (Wildman–Crippen MR) is 127 cm³/mol. The number of carbonyl (C=O) groups excluding carboxylic acids is 3. The van der Waals surface area contributed by atoms with Crippen LogP contribution in [0.4, 0.5) is 0 Å². The zero-order chi connectivity index (χ0) is 25.0. The first-order valence-electron chi connectivity index (χ1n) is 11.5. The van der Waals surface area contributed by atoms with Crippen LogP contribution < -0.4 is 16.4 Å². The van der Waals surface area contributed by atoms with Gasteiger partial charge in [0.25, 0.3) is 0 Å². The largest absolute Gasteiger partial charge is 0.480 e. The first kappa shape index (κ1) is 25.2. The third-order valence-corrected chi connectivity index (χ3v) is 6.20. The van der Waals surface area contributed by atoms with Crippen LogP contribution in [0.3, 0.4) is 0 Å². The Labute approximate surface area is 198 Å². The number of likely N-dealkylation sites (tertiary alicyclic amines) is 1. The Morgan fingerprint density at radius 2 is 1.88 bits per heavy atom. The van der Waals surface area contributed by atoms with Gasteiger partial charge in [-0.1, -0.05) is 32.0 Å². The van der Waals surface area contributed by atoms with Crippen LogP contribution in [0, 0.1) is 5.92 Å². The number of fused-ring (bicyclic) bond motifs is 1. The average Bonchev–Trinajstić information content (AvgIpc) is 3.43. The van der Waals surface area contributed by atoms with Crippen LogP contribution in [0.1, 0.15) is 39.2 Å². The number of rotatable bonds is 9.